The Hall–Kier alpha value is -2.29. The number of nitrogens with zero attached hydrogens (tertiary/aromatic N) is 2. The molecule has 0 heterocycles. The van der Waals surface area contributed by atoms with Crippen molar-refractivity contribution in [1.82, 2.24) is 0 Å². The number of carbonyl (C=O) groups excluding carboxylic acids is 2. The van der Waals surface area contributed by atoms with Crippen LogP contribution in [-0.4, -0.2) is 30.3 Å². The molecule has 0 radical (unpaired) electrons. The smallest absolute Gasteiger partial charge is 0.422 e. The SMILES string of the molecule is CCC(C)CC.[CH2-]/C(C)=N/N(C(C)=O)c1cc(OCC(F)(F)F)c(C(=O)Nc2c(F)cccc2Cl)cc1F.[U]. The molecule has 0 fully saturated rings. The number of rotatable bonds is 8. The summed E-state index contributed by atoms with van der Waals surface area (Å²) in [5.74, 6) is -3.90. The minimum Gasteiger partial charge on any atom is -0.483 e. The summed E-state index contributed by atoms with van der Waals surface area (Å²) in [5.41, 5.74) is -1.66. The number of anilines is 2. The molecule has 2 amide bonds. The van der Waals surface area contributed by atoms with E-state index in [4.69, 9.17) is 11.6 Å². The third-order valence-electron chi connectivity index (χ3n) is 5.08. The maximum absolute atomic E-state index is 14.8. The molecular weight excluding hydrogens is 771 g/mol. The van der Waals surface area contributed by atoms with Crippen molar-refractivity contribution >= 4 is 40.5 Å². The Bertz CT molecular complexity index is 1130. The Labute approximate surface area is 253 Å². The van der Waals surface area contributed by atoms with Gasteiger partial charge < -0.3 is 17.0 Å². The molecule has 2 aromatic carbocycles. The number of para-hydroxylation sites is 1. The first-order valence-corrected chi connectivity index (χ1v) is 11.9. The van der Waals surface area contributed by atoms with Crippen molar-refractivity contribution in [2.24, 2.45) is 11.0 Å². The average Bonchev–Trinajstić information content (AvgIpc) is 2.83. The predicted molar refractivity (Wildman–Crippen MR) is 139 cm³/mol. The molecule has 0 aliphatic carbocycles. The molecule has 2 aromatic rings. The Morgan fingerprint density at radius 3 is 2.15 bits per heavy atom. The van der Waals surface area contributed by atoms with E-state index in [2.05, 4.69) is 42.9 Å². The van der Waals surface area contributed by atoms with Crippen LogP contribution in [0.4, 0.5) is 33.3 Å². The number of nitrogens with one attached hydrogen (secondary N) is 1. The van der Waals surface area contributed by atoms with Crippen LogP contribution in [0.15, 0.2) is 35.4 Å². The standard InChI is InChI=1S/C20H16ClF5N3O3.C6H14.U/c1-10(2)28-29(11(3)30)16-8-17(32-9-20(24,25)26)12(7-15(16)23)19(31)27-18-13(21)5-4-6-14(18)22;1-4-6(3)5-2;/h4-8H,1,9H2,2-3H3,(H,27,31);6H,4-5H2,1-3H3;/q-1;;/b28-10-;;. The summed E-state index contributed by atoms with van der Waals surface area (Å²) in [4.78, 5) is 24.5. The molecule has 6 nitrogen and oxygen atoms in total. The van der Waals surface area contributed by atoms with Crippen LogP contribution in [0.2, 0.25) is 5.02 Å². The molecule has 1 N–H and O–H groups in total. The minimum absolute atomic E-state index is 0. The van der Waals surface area contributed by atoms with Gasteiger partial charge in [-0.1, -0.05) is 58.2 Å². The van der Waals surface area contributed by atoms with Gasteiger partial charge in [0.15, 0.2) is 6.61 Å². The van der Waals surface area contributed by atoms with Gasteiger partial charge in [-0.2, -0.15) is 13.2 Å². The maximum atomic E-state index is 14.8. The molecule has 0 aliphatic rings. The molecule has 0 spiro atoms. The molecule has 0 bridgehead atoms. The summed E-state index contributed by atoms with van der Waals surface area (Å²) >= 11 is 5.83. The van der Waals surface area contributed by atoms with Crippen molar-refractivity contribution in [3.63, 3.8) is 0 Å². The third-order valence-corrected chi connectivity index (χ3v) is 5.39. The maximum Gasteiger partial charge on any atom is 0.422 e. The number of carbonyl (C=O) groups is 2. The molecule has 0 aromatic heterocycles. The molecule has 0 saturated heterocycles. The Balaban J connectivity index is 0.00000185. The van der Waals surface area contributed by atoms with Gasteiger partial charge in [-0.15, -0.1) is 5.71 Å². The van der Waals surface area contributed by atoms with Crippen molar-refractivity contribution in [3.05, 3.63) is 59.5 Å². The van der Waals surface area contributed by atoms with Crippen molar-refractivity contribution in [3.8, 4) is 5.75 Å². The number of alkyl halides is 3. The van der Waals surface area contributed by atoms with Crippen LogP contribution in [-0.2, 0) is 4.79 Å². The number of halogens is 6. The predicted octanol–water partition coefficient (Wildman–Crippen LogP) is 7.82. The molecule has 0 unspecified atom stereocenters. The van der Waals surface area contributed by atoms with Crippen LogP contribution >= 0.6 is 11.6 Å². The van der Waals surface area contributed by atoms with Crippen LogP contribution in [0.1, 0.15) is 57.8 Å². The van der Waals surface area contributed by atoms with Crippen molar-refractivity contribution in [2.75, 3.05) is 16.9 Å². The topological polar surface area (TPSA) is 71.0 Å². The van der Waals surface area contributed by atoms with E-state index in [0.717, 1.165) is 18.9 Å². The Kier molecular flexibility index (Phi) is 15.8. The van der Waals surface area contributed by atoms with E-state index < -0.39 is 58.9 Å². The van der Waals surface area contributed by atoms with E-state index >= 15 is 0 Å². The summed E-state index contributed by atoms with van der Waals surface area (Å²) in [6.45, 7) is 10.8. The molecule has 13 heteroatoms. The van der Waals surface area contributed by atoms with Crippen molar-refractivity contribution in [1.29, 1.82) is 0 Å². The van der Waals surface area contributed by atoms with E-state index in [1.807, 2.05) is 0 Å². The number of ether oxygens (including phenoxy) is 1. The second kappa shape index (κ2) is 16.7. The monoisotopic (exact) mass is 800 g/mol. The zero-order valence-corrected chi connectivity index (χ0v) is 27.1. The van der Waals surface area contributed by atoms with Crippen LogP contribution in [0.3, 0.4) is 0 Å². The minimum atomic E-state index is -4.79. The molecule has 0 saturated carbocycles. The first-order chi connectivity index (χ1) is 17.6. The zero-order valence-electron chi connectivity index (χ0n) is 22.2. The number of hydrazone groups is 1. The van der Waals surface area contributed by atoms with E-state index in [-0.39, 0.29) is 41.8 Å². The van der Waals surface area contributed by atoms with Gasteiger partial charge in [0.25, 0.3) is 5.91 Å². The number of hydrogen-bond acceptors (Lipinski definition) is 4. The van der Waals surface area contributed by atoms with Crippen LogP contribution in [0.5, 0.6) is 5.75 Å². The fourth-order valence-electron chi connectivity index (χ4n) is 2.71. The second-order valence-corrected chi connectivity index (χ2v) is 8.75. The largest absolute Gasteiger partial charge is 0.483 e. The number of benzene rings is 2. The van der Waals surface area contributed by atoms with E-state index in [1.54, 1.807) is 0 Å². The zero-order chi connectivity index (χ0) is 29.2. The first kappa shape index (κ1) is 36.7. The summed E-state index contributed by atoms with van der Waals surface area (Å²) in [6.07, 6.45) is -2.13. The summed E-state index contributed by atoms with van der Waals surface area (Å²) < 4.78 is 71.5. The molecular formula is C26H30ClF5N3O3U-. The summed E-state index contributed by atoms with van der Waals surface area (Å²) in [7, 11) is 0. The van der Waals surface area contributed by atoms with E-state index in [9.17, 15) is 31.5 Å². The summed E-state index contributed by atoms with van der Waals surface area (Å²) in [6, 6.07) is 4.74. The Morgan fingerprint density at radius 1 is 1.13 bits per heavy atom. The molecule has 2 rings (SSSR count). The molecule has 0 aliphatic heterocycles. The van der Waals surface area contributed by atoms with Gasteiger partial charge >= 0.3 is 6.18 Å². The quantitative estimate of drug-likeness (QED) is 0.128. The van der Waals surface area contributed by atoms with Crippen molar-refractivity contribution in [2.45, 2.75) is 53.6 Å². The van der Waals surface area contributed by atoms with Gasteiger partial charge in [0.05, 0.1) is 16.3 Å². The normalized spacial score (nSPS) is 11.2. The van der Waals surface area contributed by atoms with E-state index in [1.165, 1.54) is 31.9 Å². The fourth-order valence-corrected chi connectivity index (χ4v) is 2.92. The molecule has 39 heavy (non-hydrogen) atoms. The number of amides is 2. The third kappa shape index (κ3) is 12.2. The average molecular weight is 801 g/mol. The molecule has 0 atom stereocenters. The van der Waals surface area contributed by atoms with Gasteiger partial charge in [0.2, 0.25) is 5.91 Å². The van der Waals surface area contributed by atoms with Gasteiger partial charge in [-0.05, 0) is 24.1 Å². The van der Waals surface area contributed by atoms with Gasteiger partial charge in [-0.3, -0.25) is 9.59 Å². The van der Waals surface area contributed by atoms with Gasteiger partial charge in [0, 0.05) is 44.1 Å². The van der Waals surface area contributed by atoms with Gasteiger partial charge in [0.1, 0.15) is 23.1 Å². The van der Waals surface area contributed by atoms with Crippen molar-refractivity contribution < 1.29 is 67.4 Å². The first-order valence-electron chi connectivity index (χ1n) is 11.6. The Morgan fingerprint density at radius 2 is 1.72 bits per heavy atom. The second-order valence-electron chi connectivity index (χ2n) is 8.34. The van der Waals surface area contributed by atoms with E-state index in [0.29, 0.717) is 17.1 Å². The molecule has 214 valence electrons. The number of hydrogen-bond donors (Lipinski definition) is 1. The van der Waals surface area contributed by atoms with Crippen LogP contribution in [0.25, 0.3) is 0 Å². The fraction of sp³-hybridized carbons (Fsp3) is 0.385. The van der Waals surface area contributed by atoms with Gasteiger partial charge in [-0.25, -0.2) is 18.9 Å². The summed E-state index contributed by atoms with van der Waals surface area (Å²) in [5, 5.41) is 6.15. The van der Waals surface area contributed by atoms with Crippen LogP contribution in [0, 0.1) is 55.6 Å². The van der Waals surface area contributed by atoms with Crippen LogP contribution < -0.4 is 15.1 Å².